The third kappa shape index (κ3) is 3.15. The van der Waals surface area contributed by atoms with E-state index in [0.29, 0.717) is 4.83 Å². The SMILES string of the molecule is BrC(c1ccccc1)c1ccc(C2CCCCC2)cc1. The molecule has 0 spiro atoms. The highest BCUT2D eigenvalue weighted by Crippen LogP contribution is 2.35. The molecule has 1 fully saturated rings. The molecule has 20 heavy (non-hydrogen) atoms. The Labute approximate surface area is 130 Å². The predicted molar refractivity (Wildman–Crippen MR) is 89.5 cm³/mol. The van der Waals surface area contributed by atoms with Crippen molar-refractivity contribution >= 4 is 15.9 Å². The van der Waals surface area contributed by atoms with Gasteiger partial charge in [-0.05, 0) is 35.4 Å². The molecule has 0 saturated heterocycles. The first-order valence-electron chi connectivity index (χ1n) is 7.63. The average molecular weight is 329 g/mol. The van der Waals surface area contributed by atoms with Crippen molar-refractivity contribution in [3.8, 4) is 0 Å². The lowest BCUT2D eigenvalue weighted by Gasteiger charge is -2.22. The molecule has 1 aliphatic carbocycles. The second-order valence-corrected chi connectivity index (χ2v) is 6.69. The van der Waals surface area contributed by atoms with Crippen molar-refractivity contribution in [1.82, 2.24) is 0 Å². The number of benzene rings is 2. The molecular weight excluding hydrogens is 308 g/mol. The number of hydrogen-bond acceptors (Lipinski definition) is 0. The van der Waals surface area contributed by atoms with E-state index in [1.807, 2.05) is 0 Å². The van der Waals surface area contributed by atoms with E-state index in [0.717, 1.165) is 5.92 Å². The van der Waals surface area contributed by atoms with Crippen LogP contribution in [0.25, 0.3) is 0 Å². The largest absolute Gasteiger partial charge is 0.0786 e. The van der Waals surface area contributed by atoms with Crippen LogP contribution in [0.4, 0.5) is 0 Å². The average Bonchev–Trinajstić information content (AvgIpc) is 2.56. The molecule has 0 radical (unpaired) electrons. The van der Waals surface area contributed by atoms with Crippen LogP contribution < -0.4 is 0 Å². The summed E-state index contributed by atoms with van der Waals surface area (Å²) < 4.78 is 0. The van der Waals surface area contributed by atoms with Gasteiger partial charge in [-0.15, -0.1) is 0 Å². The second kappa shape index (κ2) is 6.58. The second-order valence-electron chi connectivity index (χ2n) is 5.77. The highest BCUT2D eigenvalue weighted by atomic mass is 79.9. The molecule has 1 atom stereocenters. The van der Waals surface area contributed by atoms with Crippen molar-refractivity contribution in [2.24, 2.45) is 0 Å². The van der Waals surface area contributed by atoms with Crippen LogP contribution in [0, 0.1) is 0 Å². The number of halogens is 1. The summed E-state index contributed by atoms with van der Waals surface area (Å²) in [4.78, 5) is 0.295. The Hall–Kier alpha value is -1.08. The van der Waals surface area contributed by atoms with Gasteiger partial charge in [0.2, 0.25) is 0 Å². The summed E-state index contributed by atoms with van der Waals surface area (Å²) in [5.41, 5.74) is 4.19. The molecule has 3 rings (SSSR count). The monoisotopic (exact) mass is 328 g/mol. The van der Waals surface area contributed by atoms with Crippen LogP contribution in [-0.2, 0) is 0 Å². The molecule has 2 aromatic rings. The lowest BCUT2D eigenvalue weighted by molar-refractivity contribution is 0.443. The van der Waals surface area contributed by atoms with E-state index < -0.39 is 0 Å². The Kier molecular flexibility index (Phi) is 4.57. The Morgan fingerprint density at radius 2 is 1.35 bits per heavy atom. The molecule has 0 aromatic heterocycles. The van der Waals surface area contributed by atoms with Crippen LogP contribution in [0.15, 0.2) is 54.6 Å². The van der Waals surface area contributed by atoms with Gasteiger partial charge < -0.3 is 0 Å². The summed E-state index contributed by atoms with van der Waals surface area (Å²) >= 11 is 3.81. The zero-order chi connectivity index (χ0) is 13.8. The molecule has 104 valence electrons. The molecule has 0 bridgehead atoms. The van der Waals surface area contributed by atoms with Gasteiger partial charge in [0.15, 0.2) is 0 Å². The summed E-state index contributed by atoms with van der Waals surface area (Å²) in [6, 6.07) is 19.9. The Bertz CT molecular complexity index is 523. The summed E-state index contributed by atoms with van der Waals surface area (Å²) in [6.45, 7) is 0. The highest BCUT2D eigenvalue weighted by Gasteiger charge is 2.16. The van der Waals surface area contributed by atoms with E-state index in [4.69, 9.17) is 0 Å². The molecule has 0 amide bonds. The molecule has 1 aliphatic rings. The number of alkyl halides is 1. The molecule has 1 heteroatoms. The van der Waals surface area contributed by atoms with E-state index >= 15 is 0 Å². The number of hydrogen-bond donors (Lipinski definition) is 0. The van der Waals surface area contributed by atoms with Crippen molar-refractivity contribution in [2.45, 2.75) is 42.8 Å². The highest BCUT2D eigenvalue weighted by molar-refractivity contribution is 9.09. The quantitative estimate of drug-likeness (QED) is 0.587. The topological polar surface area (TPSA) is 0 Å². The van der Waals surface area contributed by atoms with Crippen LogP contribution in [-0.4, -0.2) is 0 Å². The molecule has 1 unspecified atom stereocenters. The molecule has 0 aliphatic heterocycles. The van der Waals surface area contributed by atoms with Crippen LogP contribution in [0.5, 0.6) is 0 Å². The molecule has 1 saturated carbocycles. The maximum absolute atomic E-state index is 3.81. The molecule has 0 nitrogen and oxygen atoms in total. The smallest absolute Gasteiger partial charge is 0.0644 e. The van der Waals surface area contributed by atoms with Gasteiger partial charge in [-0.1, -0.05) is 89.8 Å². The zero-order valence-corrected chi connectivity index (χ0v) is 13.4. The lowest BCUT2D eigenvalue weighted by atomic mass is 9.84. The first kappa shape index (κ1) is 13.9. The van der Waals surface area contributed by atoms with Crippen molar-refractivity contribution in [3.63, 3.8) is 0 Å². The Morgan fingerprint density at radius 1 is 0.750 bits per heavy atom. The van der Waals surface area contributed by atoms with Gasteiger partial charge in [0.05, 0.1) is 4.83 Å². The maximum Gasteiger partial charge on any atom is 0.0644 e. The number of rotatable bonds is 3. The molecule has 2 aromatic carbocycles. The minimum Gasteiger partial charge on any atom is -0.0786 e. The van der Waals surface area contributed by atoms with E-state index in [2.05, 4.69) is 70.5 Å². The maximum atomic E-state index is 3.81. The molecular formula is C19H21Br. The Balaban J connectivity index is 1.75. The third-order valence-electron chi connectivity index (χ3n) is 4.40. The minimum atomic E-state index is 0.295. The fourth-order valence-corrected chi connectivity index (χ4v) is 3.80. The van der Waals surface area contributed by atoms with E-state index in [1.54, 1.807) is 0 Å². The molecule has 0 N–H and O–H groups in total. The minimum absolute atomic E-state index is 0.295. The van der Waals surface area contributed by atoms with Crippen LogP contribution >= 0.6 is 15.9 Å². The van der Waals surface area contributed by atoms with Gasteiger partial charge >= 0.3 is 0 Å². The van der Waals surface area contributed by atoms with Gasteiger partial charge in [0.1, 0.15) is 0 Å². The van der Waals surface area contributed by atoms with E-state index in [9.17, 15) is 0 Å². The van der Waals surface area contributed by atoms with Gasteiger partial charge in [0, 0.05) is 0 Å². The van der Waals surface area contributed by atoms with E-state index in [-0.39, 0.29) is 0 Å². The fourth-order valence-electron chi connectivity index (χ4n) is 3.19. The lowest BCUT2D eigenvalue weighted by Crippen LogP contribution is -2.04. The summed E-state index contributed by atoms with van der Waals surface area (Å²) in [6.07, 6.45) is 6.96. The zero-order valence-electron chi connectivity index (χ0n) is 11.8. The first-order chi connectivity index (χ1) is 9.84. The predicted octanol–water partition coefficient (Wildman–Crippen LogP) is 6.22. The fraction of sp³-hybridized carbons (Fsp3) is 0.368. The standard InChI is InChI=1S/C19H21Br/c20-19(17-9-5-2-6-10-17)18-13-11-16(12-14-18)15-7-3-1-4-8-15/h2,5-6,9-15,19H,1,3-4,7-8H2. The van der Waals surface area contributed by atoms with Crippen LogP contribution in [0.2, 0.25) is 0 Å². The van der Waals surface area contributed by atoms with Crippen LogP contribution in [0.1, 0.15) is 59.5 Å². The van der Waals surface area contributed by atoms with Crippen molar-refractivity contribution in [2.75, 3.05) is 0 Å². The summed E-state index contributed by atoms with van der Waals surface area (Å²) in [5, 5.41) is 0. The van der Waals surface area contributed by atoms with Gasteiger partial charge in [-0.2, -0.15) is 0 Å². The molecule has 0 heterocycles. The van der Waals surface area contributed by atoms with Crippen molar-refractivity contribution < 1.29 is 0 Å². The van der Waals surface area contributed by atoms with Crippen LogP contribution in [0.3, 0.4) is 0 Å². The normalized spacial score (nSPS) is 17.9. The summed E-state index contributed by atoms with van der Waals surface area (Å²) in [7, 11) is 0. The van der Waals surface area contributed by atoms with Gasteiger partial charge in [-0.3, -0.25) is 0 Å². The van der Waals surface area contributed by atoms with Crippen molar-refractivity contribution in [1.29, 1.82) is 0 Å². The summed E-state index contributed by atoms with van der Waals surface area (Å²) in [5.74, 6) is 0.795. The van der Waals surface area contributed by atoms with Gasteiger partial charge in [-0.25, -0.2) is 0 Å². The van der Waals surface area contributed by atoms with Crippen molar-refractivity contribution in [3.05, 3.63) is 71.3 Å². The Morgan fingerprint density at radius 3 is 2.00 bits per heavy atom. The first-order valence-corrected chi connectivity index (χ1v) is 8.55. The van der Waals surface area contributed by atoms with Gasteiger partial charge in [0.25, 0.3) is 0 Å². The third-order valence-corrected chi connectivity index (χ3v) is 5.46. The van der Waals surface area contributed by atoms with E-state index in [1.165, 1.54) is 48.8 Å².